The van der Waals surface area contributed by atoms with Crippen LogP contribution in [-0.2, 0) is 5.75 Å². The maximum atomic E-state index is 6.13. The fraction of sp³-hybridized carbons (Fsp3) is 0.0667. The van der Waals surface area contributed by atoms with Gasteiger partial charge >= 0.3 is 0 Å². The Balaban J connectivity index is 1.73. The Bertz CT molecular complexity index is 769. The van der Waals surface area contributed by atoms with E-state index >= 15 is 0 Å². The van der Waals surface area contributed by atoms with Crippen molar-refractivity contribution in [2.45, 2.75) is 10.6 Å². The summed E-state index contributed by atoms with van der Waals surface area (Å²) in [5, 5.41) is 9.94. The van der Waals surface area contributed by atoms with Crippen LogP contribution in [-0.4, -0.2) is 10.2 Å². The van der Waals surface area contributed by atoms with E-state index < -0.39 is 0 Å². The normalized spacial score (nSPS) is 10.9. The average Bonchev–Trinajstić information content (AvgIpc) is 2.96. The van der Waals surface area contributed by atoms with E-state index in [1.807, 2.05) is 12.1 Å². The molecule has 0 aliphatic heterocycles. The predicted octanol–water partition coefficient (Wildman–Crippen LogP) is 5.99. The molecular weight excluding hydrogens is 363 g/mol. The first kappa shape index (κ1) is 15.7. The molecule has 0 bridgehead atoms. The first-order valence-corrected chi connectivity index (χ1v) is 8.40. The standard InChI is InChI=1S/C15H9Cl3N2OS/c16-10-6-4-9(5-7-10)15-20-19-13(21-15)8-22-14-11(17)2-1-3-12(14)18/h1-7H,8H2. The summed E-state index contributed by atoms with van der Waals surface area (Å²) in [6, 6.07) is 12.6. The summed E-state index contributed by atoms with van der Waals surface area (Å²) in [6.07, 6.45) is 0. The second-order valence-electron chi connectivity index (χ2n) is 4.35. The lowest BCUT2D eigenvalue weighted by molar-refractivity contribution is 0.528. The summed E-state index contributed by atoms with van der Waals surface area (Å²) in [7, 11) is 0. The summed E-state index contributed by atoms with van der Waals surface area (Å²) >= 11 is 19.6. The molecule has 0 aliphatic rings. The molecule has 0 unspecified atom stereocenters. The van der Waals surface area contributed by atoms with E-state index in [2.05, 4.69) is 10.2 Å². The Morgan fingerprint density at radius 3 is 2.27 bits per heavy atom. The molecule has 7 heteroatoms. The SMILES string of the molecule is Clc1ccc(-c2nnc(CSc3c(Cl)cccc3Cl)o2)cc1. The van der Waals surface area contributed by atoms with Crippen LogP contribution >= 0.6 is 46.6 Å². The molecule has 0 atom stereocenters. The first-order chi connectivity index (χ1) is 10.6. The van der Waals surface area contributed by atoms with E-state index in [1.54, 1.807) is 30.3 Å². The van der Waals surface area contributed by atoms with Crippen LogP contribution in [0, 0.1) is 0 Å². The number of aromatic nitrogens is 2. The molecule has 22 heavy (non-hydrogen) atoms. The zero-order chi connectivity index (χ0) is 15.5. The molecule has 1 heterocycles. The number of hydrogen-bond acceptors (Lipinski definition) is 4. The molecule has 0 aliphatic carbocycles. The van der Waals surface area contributed by atoms with Gasteiger partial charge < -0.3 is 4.42 Å². The molecule has 112 valence electrons. The number of benzene rings is 2. The zero-order valence-corrected chi connectivity index (χ0v) is 14.2. The van der Waals surface area contributed by atoms with Crippen molar-refractivity contribution in [3.63, 3.8) is 0 Å². The van der Waals surface area contributed by atoms with Crippen LogP contribution in [0.1, 0.15) is 5.89 Å². The lowest BCUT2D eigenvalue weighted by Crippen LogP contribution is -1.82. The van der Waals surface area contributed by atoms with Crippen molar-refractivity contribution >= 4 is 46.6 Å². The first-order valence-electron chi connectivity index (χ1n) is 6.28. The van der Waals surface area contributed by atoms with Crippen LogP contribution in [0.4, 0.5) is 0 Å². The van der Waals surface area contributed by atoms with Gasteiger partial charge in [-0.1, -0.05) is 40.9 Å². The molecular formula is C15H9Cl3N2OS. The number of hydrogen-bond donors (Lipinski definition) is 0. The minimum atomic E-state index is 0.456. The van der Waals surface area contributed by atoms with Crippen molar-refractivity contribution in [3.8, 4) is 11.5 Å². The van der Waals surface area contributed by atoms with Crippen molar-refractivity contribution in [1.82, 2.24) is 10.2 Å². The molecule has 2 aromatic carbocycles. The van der Waals surface area contributed by atoms with Gasteiger partial charge in [0.05, 0.1) is 15.8 Å². The molecule has 3 rings (SSSR count). The van der Waals surface area contributed by atoms with E-state index in [9.17, 15) is 0 Å². The highest BCUT2D eigenvalue weighted by atomic mass is 35.5. The van der Waals surface area contributed by atoms with Crippen molar-refractivity contribution in [3.05, 3.63) is 63.4 Å². The quantitative estimate of drug-likeness (QED) is 0.528. The molecule has 0 radical (unpaired) electrons. The molecule has 0 saturated carbocycles. The number of nitrogens with zero attached hydrogens (tertiary/aromatic N) is 2. The minimum absolute atomic E-state index is 0.456. The number of thioether (sulfide) groups is 1. The van der Waals surface area contributed by atoms with E-state index in [1.165, 1.54) is 11.8 Å². The van der Waals surface area contributed by atoms with Gasteiger partial charge in [0.15, 0.2) is 0 Å². The van der Waals surface area contributed by atoms with Crippen LogP contribution in [0.25, 0.3) is 11.5 Å². The summed E-state index contributed by atoms with van der Waals surface area (Å²) < 4.78 is 5.64. The van der Waals surface area contributed by atoms with Crippen molar-refractivity contribution in [2.75, 3.05) is 0 Å². The second kappa shape index (κ2) is 6.92. The maximum absolute atomic E-state index is 6.13. The largest absolute Gasteiger partial charge is 0.420 e. The minimum Gasteiger partial charge on any atom is -0.420 e. The Morgan fingerprint density at radius 2 is 1.59 bits per heavy atom. The lowest BCUT2D eigenvalue weighted by Gasteiger charge is -2.04. The lowest BCUT2D eigenvalue weighted by atomic mass is 10.2. The van der Waals surface area contributed by atoms with E-state index in [0.29, 0.717) is 32.6 Å². The van der Waals surface area contributed by atoms with Gasteiger partial charge in [0.1, 0.15) is 0 Å². The van der Waals surface area contributed by atoms with Gasteiger partial charge in [0, 0.05) is 15.5 Å². The number of halogens is 3. The third-order valence-corrected chi connectivity index (χ3v) is 5.04. The van der Waals surface area contributed by atoms with Gasteiger partial charge in [-0.25, -0.2) is 0 Å². The summed E-state index contributed by atoms with van der Waals surface area (Å²) in [5.74, 6) is 1.45. The molecule has 1 aromatic heterocycles. The topological polar surface area (TPSA) is 38.9 Å². The Labute approximate surface area is 146 Å². The molecule has 0 spiro atoms. The van der Waals surface area contributed by atoms with Crippen LogP contribution in [0.15, 0.2) is 51.8 Å². The molecule has 3 aromatic rings. The van der Waals surface area contributed by atoms with E-state index in [0.717, 1.165) is 10.5 Å². The van der Waals surface area contributed by atoms with Gasteiger partial charge in [-0.05, 0) is 36.4 Å². The predicted molar refractivity (Wildman–Crippen MR) is 90.8 cm³/mol. The van der Waals surface area contributed by atoms with Crippen LogP contribution in [0.3, 0.4) is 0 Å². The van der Waals surface area contributed by atoms with Crippen molar-refractivity contribution in [1.29, 1.82) is 0 Å². The smallest absolute Gasteiger partial charge is 0.247 e. The molecule has 0 N–H and O–H groups in total. The highest BCUT2D eigenvalue weighted by Crippen LogP contribution is 2.35. The number of rotatable bonds is 4. The Hall–Kier alpha value is -1.20. The monoisotopic (exact) mass is 370 g/mol. The fourth-order valence-corrected chi connectivity index (χ4v) is 3.42. The third kappa shape index (κ3) is 3.58. The Morgan fingerprint density at radius 1 is 0.909 bits per heavy atom. The second-order valence-corrected chi connectivity index (χ2v) is 6.58. The molecule has 0 fully saturated rings. The van der Waals surface area contributed by atoms with Crippen molar-refractivity contribution < 1.29 is 4.42 Å². The van der Waals surface area contributed by atoms with Crippen LogP contribution in [0.5, 0.6) is 0 Å². The molecule has 3 nitrogen and oxygen atoms in total. The van der Waals surface area contributed by atoms with Gasteiger partial charge in [-0.3, -0.25) is 0 Å². The van der Waals surface area contributed by atoms with E-state index in [4.69, 9.17) is 39.2 Å². The van der Waals surface area contributed by atoms with Gasteiger partial charge in [-0.2, -0.15) is 0 Å². The average molecular weight is 372 g/mol. The van der Waals surface area contributed by atoms with Crippen LogP contribution < -0.4 is 0 Å². The van der Waals surface area contributed by atoms with Gasteiger partial charge in [0.25, 0.3) is 0 Å². The summed E-state index contributed by atoms with van der Waals surface area (Å²) in [5.41, 5.74) is 0.823. The van der Waals surface area contributed by atoms with Gasteiger partial charge in [0.2, 0.25) is 11.8 Å². The van der Waals surface area contributed by atoms with Gasteiger partial charge in [-0.15, -0.1) is 22.0 Å². The molecule has 0 amide bonds. The van der Waals surface area contributed by atoms with Crippen molar-refractivity contribution in [2.24, 2.45) is 0 Å². The highest BCUT2D eigenvalue weighted by molar-refractivity contribution is 7.98. The highest BCUT2D eigenvalue weighted by Gasteiger charge is 2.11. The van der Waals surface area contributed by atoms with Crippen LogP contribution in [0.2, 0.25) is 15.1 Å². The summed E-state index contributed by atoms with van der Waals surface area (Å²) in [4.78, 5) is 0.803. The summed E-state index contributed by atoms with van der Waals surface area (Å²) in [6.45, 7) is 0. The zero-order valence-electron chi connectivity index (χ0n) is 11.1. The Kier molecular flexibility index (Phi) is 4.93. The fourth-order valence-electron chi connectivity index (χ4n) is 1.78. The maximum Gasteiger partial charge on any atom is 0.247 e. The third-order valence-electron chi connectivity index (χ3n) is 2.82. The van der Waals surface area contributed by atoms with E-state index in [-0.39, 0.29) is 0 Å². The molecule has 0 saturated heterocycles.